The summed E-state index contributed by atoms with van der Waals surface area (Å²) >= 11 is 0. The second kappa shape index (κ2) is 5.85. The summed E-state index contributed by atoms with van der Waals surface area (Å²) in [5, 5.41) is 30.1. The number of halogens is 1. The first kappa shape index (κ1) is 17.1. The van der Waals surface area contributed by atoms with E-state index in [0.717, 1.165) is 32.1 Å². The van der Waals surface area contributed by atoms with Crippen LogP contribution in [0.3, 0.4) is 0 Å². The van der Waals surface area contributed by atoms with Crippen LogP contribution < -0.4 is 12.4 Å². The zero-order chi connectivity index (χ0) is 12.4. The highest BCUT2D eigenvalue weighted by molar-refractivity contribution is 4.96. The fourth-order valence-electron chi connectivity index (χ4n) is 3.19. The number of hydrogen-bond donors (Lipinski definition) is 3. The average Bonchev–Trinajstić information content (AvgIpc) is 2.21. The molecule has 0 radical (unpaired) electrons. The maximum absolute atomic E-state index is 10.3. The summed E-state index contributed by atoms with van der Waals surface area (Å²) in [5.74, 6) is -1.66. The number of likely N-dealkylation sites (N-methyl/N-ethyl adjacent to an activating group) is 1. The Morgan fingerprint density at radius 2 is 1.65 bits per heavy atom. The van der Waals surface area contributed by atoms with Crippen molar-refractivity contribution in [3.8, 4) is 0 Å². The van der Waals surface area contributed by atoms with E-state index in [9.17, 15) is 15.3 Å². The van der Waals surface area contributed by atoms with Gasteiger partial charge in [-0.1, -0.05) is 13.3 Å². The third-order valence-electron chi connectivity index (χ3n) is 4.29. The van der Waals surface area contributed by atoms with Crippen LogP contribution in [0.4, 0.5) is 0 Å². The van der Waals surface area contributed by atoms with Crippen molar-refractivity contribution < 1.29 is 32.2 Å². The molecule has 104 valence electrons. The standard InChI is InChI=1S/C12H26NO3.ClH/c1-4-7-11(13(2,3)10-14)8-5-6-9-12(11,15)16;/h14-16H,4-10H2,1-3H3;1H/q+1;/p-1. The molecule has 5 heteroatoms. The molecule has 0 aromatic heterocycles. The predicted octanol–water partition coefficient (Wildman–Crippen LogP) is -2.19. The van der Waals surface area contributed by atoms with Crippen molar-refractivity contribution in [1.82, 2.24) is 0 Å². The van der Waals surface area contributed by atoms with E-state index in [1.807, 2.05) is 21.0 Å². The van der Waals surface area contributed by atoms with Crippen LogP contribution in [0, 0.1) is 0 Å². The smallest absolute Gasteiger partial charge is 0.219 e. The highest BCUT2D eigenvalue weighted by Gasteiger charge is 2.60. The molecular weight excluding hydrogens is 242 g/mol. The van der Waals surface area contributed by atoms with Crippen LogP contribution in [-0.4, -0.2) is 52.0 Å². The molecule has 3 N–H and O–H groups in total. The van der Waals surface area contributed by atoms with Crippen LogP contribution in [0.5, 0.6) is 0 Å². The molecule has 0 aromatic carbocycles. The second-order valence-corrected chi connectivity index (χ2v) is 5.63. The lowest BCUT2D eigenvalue weighted by molar-refractivity contribution is -0.972. The molecule has 1 rings (SSSR count). The monoisotopic (exact) mass is 267 g/mol. The van der Waals surface area contributed by atoms with Crippen molar-refractivity contribution >= 4 is 0 Å². The Balaban J connectivity index is 0.00000256. The molecule has 17 heavy (non-hydrogen) atoms. The molecule has 1 saturated carbocycles. The van der Waals surface area contributed by atoms with Crippen molar-refractivity contribution in [3.05, 3.63) is 0 Å². The van der Waals surface area contributed by atoms with Gasteiger partial charge in [0, 0.05) is 19.3 Å². The van der Waals surface area contributed by atoms with Crippen molar-refractivity contribution in [2.45, 2.75) is 56.8 Å². The highest BCUT2D eigenvalue weighted by Crippen LogP contribution is 2.45. The Labute approximate surface area is 110 Å². The van der Waals surface area contributed by atoms with E-state index in [2.05, 4.69) is 0 Å². The maximum atomic E-state index is 10.3. The van der Waals surface area contributed by atoms with E-state index in [1.165, 1.54) is 0 Å². The lowest BCUT2D eigenvalue weighted by Crippen LogP contribution is -3.00. The van der Waals surface area contributed by atoms with Gasteiger partial charge >= 0.3 is 0 Å². The Bertz CT molecular complexity index is 232. The quantitative estimate of drug-likeness (QED) is 0.401. The fraction of sp³-hybridized carbons (Fsp3) is 1.00. The SMILES string of the molecule is CCCC1([N+](C)(C)CO)CCCCC1(O)O.[Cl-]. The second-order valence-electron chi connectivity index (χ2n) is 5.63. The Hall–Kier alpha value is 0.130. The molecule has 0 amide bonds. The number of rotatable bonds is 4. The summed E-state index contributed by atoms with van der Waals surface area (Å²) in [6.45, 7) is 1.98. The van der Waals surface area contributed by atoms with Gasteiger partial charge in [0.2, 0.25) is 5.79 Å². The van der Waals surface area contributed by atoms with Crippen molar-refractivity contribution in [1.29, 1.82) is 0 Å². The minimum Gasteiger partial charge on any atom is -1.00 e. The summed E-state index contributed by atoms with van der Waals surface area (Å²) in [6.07, 6.45) is 4.66. The first-order valence-electron chi connectivity index (χ1n) is 6.22. The number of quaternary nitrogens is 1. The van der Waals surface area contributed by atoms with Crippen molar-refractivity contribution in [2.24, 2.45) is 0 Å². The van der Waals surface area contributed by atoms with E-state index < -0.39 is 11.3 Å². The van der Waals surface area contributed by atoms with Gasteiger partial charge in [-0.3, -0.25) is 4.48 Å². The molecule has 1 atom stereocenters. The van der Waals surface area contributed by atoms with Gasteiger partial charge in [-0.05, 0) is 12.8 Å². The van der Waals surface area contributed by atoms with Crippen LogP contribution in [0.2, 0.25) is 0 Å². The van der Waals surface area contributed by atoms with Crippen LogP contribution in [0.25, 0.3) is 0 Å². The van der Waals surface area contributed by atoms with Crippen molar-refractivity contribution in [2.75, 3.05) is 20.8 Å². The van der Waals surface area contributed by atoms with Crippen LogP contribution in [0.1, 0.15) is 45.4 Å². The van der Waals surface area contributed by atoms with Gasteiger partial charge in [-0.15, -0.1) is 0 Å². The molecule has 0 bridgehead atoms. The highest BCUT2D eigenvalue weighted by atomic mass is 35.5. The molecule has 0 aromatic rings. The minimum absolute atomic E-state index is 0. The number of nitrogens with zero attached hydrogens (tertiary/aromatic N) is 1. The van der Waals surface area contributed by atoms with Gasteiger partial charge in [0.15, 0.2) is 12.3 Å². The van der Waals surface area contributed by atoms with Crippen LogP contribution in [0.15, 0.2) is 0 Å². The van der Waals surface area contributed by atoms with Gasteiger partial charge < -0.3 is 27.7 Å². The third kappa shape index (κ3) is 2.76. The summed E-state index contributed by atoms with van der Waals surface area (Å²) in [6, 6.07) is 0. The Morgan fingerprint density at radius 3 is 2.06 bits per heavy atom. The zero-order valence-corrected chi connectivity index (χ0v) is 11.9. The molecule has 1 aliphatic rings. The lowest BCUT2D eigenvalue weighted by atomic mass is 9.71. The molecule has 0 aliphatic heterocycles. The maximum Gasteiger partial charge on any atom is 0.219 e. The molecule has 0 heterocycles. The van der Waals surface area contributed by atoms with E-state index in [-0.39, 0.29) is 23.6 Å². The van der Waals surface area contributed by atoms with Gasteiger partial charge in [0.05, 0.1) is 14.1 Å². The van der Waals surface area contributed by atoms with Crippen LogP contribution >= 0.6 is 0 Å². The summed E-state index contributed by atoms with van der Waals surface area (Å²) in [5.41, 5.74) is -0.630. The number of aliphatic hydroxyl groups is 3. The van der Waals surface area contributed by atoms with Gasteiger partial charge in [0.25, 0.3) is 0 Å². The summed E-state index contributed by atoms with van der Waals surface area (Å²) in [4.78, 5) is 0. The first-order chi connectivity index (χ1) is 7.33. The molecule has 1 fully saturated rings. The minimum atomic E-state index is -1.66. The summed E-state index contributed by atoms with van der Waals surface area (Å²) < 4.78 is 0.258. The first-order valence-corrected chi connectivity index (χ1v) is 6.22. The topological polar surface area (TPSA) is 60.7 Å². The number of hydrogen-bond acceptors (Lipinski definition) is 3. The Morgan fingerprint density at radius 1 is 1.12 bits per heavy atom. The van der Waals surface area contributed by atoms with Crippen molar-refractivity contribution in [3.63, 3.8) is 0 Å². The van der Waals surface area contributed by atoms with Gasteiger partial charge in [0.1, 0.15) is 0 Å². The zero-order valence-electron chi connectivity index (χ0n) is 11.1. The van der Waals surface area contributed by atoms with E-state index in [1.54, 1.807) is 0 Å². The predicted molar refractivity (Wildman–Crippen MR) is 62.5 cm³/mol. The average molecular weight is 268 g/mol. The molecule has 1 aliphatic carbocycles. The fourth-order valence-corrected chi connectivity index (χ4v) is 3.19. The number of aliphatic hydroxyl groups excluding tert-OH is 1. The normalized spacial score (nSPS) is 28.6. The largest absolute Gasteiger partial charge is 1.00 e. The molecule has 0 saturated heterocycles. The van der Waals surface area contributed by atoms with Gasteiger partial charge in [-0.25, -0.2) is 0 Å². The molecule has 4 nitrogen and oxygen atoms in total. The van der Waals surface area contributed by atoms with E-state index >= 15 is 0 Å². The Kier molecular flexibility index (Phi) is 5.89. The third-order valence-corrected chi connectivity index (χ3v) is 4.29. The summed E-state index contributed by atoms with van der Waals surface area (Å²) in [7, 11) is 3.75. The molecule has 1 unspecified atom stereocenters. The lowest BCUT2D eigenvalue weighted by Gasteiger charge is -2.55. The van der Waals surface area contributed by atoms with Crippen LogP contribution in [-0.2, 0) is 0 Å². The van der Waals surface area contributed by atoms with E-state index in [4.69, 9.17) is 0 Å². The molecular formula is C12H26ClNO3. The molecule has 0 spiro atoms. The van der Waals surface area contributed by atoms with E-state index in [0.29, 0.717) is 6.42 Å². The van der Waals surface area contributed by atoms with Gasteiger partial charge in [-0.2, -0.15) is 0 Å².